The predicted molar refractivity (Wildman–Crippen MR) is 130 cm³/mol. The Bertz CT molecular complexity index is 1320. The minimum absolute atomic E-state index is 0.00883. The zero-order chi connectivity index (χ0) is 24.8. The van der Waals surface area contributed by atoms with Gasteiger partial charge in [-0.1, -0.05) is 13.8 Å². The summed E-state index contributed by atoms with van der Waals surface area (Å²) in [4.78, 5) is 20.8. The predicted octanol–water partition coefficient (Wildman–Crippen LogP) is 5.03. The van der Waals surface area contributed by atoms with Crippen molar-refractivity contribution in [2.75, 3.05) is 17.2 Å². The monoisotopic (exact) mass is 476 g/mol. The van der Waals surface area contributed by atoms with Crippen LogP contribution < -0.4 is 15.4 Å². The Balaban J connectivity index is 1.41. The molecule has 0 atom stereocenters. The molecule has 0 fully saturated rings. The first-order valence-corrected chi connectivity index (χ1v) is 11.0. The average molecular weight is 477 g/mol. The van der Waals surface area contributed by atoms with Crippen LogP contribution in [-0.2, 0) is 6.54 Å². The molecular formula is C25H25FN6O3. The van der Waals surface area contributed by atoms with Crippen molar-refractivity contribution < 1.29 is 19.0 Å². The van der Waals surface area contributed by atoms with Crippen LogP contribution in [0.1, 0.15) is 25.3 Å². The van der Waals surface area contributed by atoms with E-state index in [1.54, 1.807) is 47.7 Å². The number of nitrogens with zero attached hydrogens (tertiary/aromatic N) is 4. The summed E-state index contributed by atoms with van der Waals surface area (Å²) in [6, 6.07) is 8.77. The van der Waals surface area contributed by atoms with Crippen molar-refractivity contribution in [2.24, 2.45) is 0 Å². The molecule has 0 saturated heterocycles. The van der Waals surface area contributed by atoms with E-state index in [0.717, 1.165) is 11.1 Å². The van der Waals surface area contributed by atoms with Crippen LogP contribution in [0, 0.1) is 5.82 Å². The van der Waals surface area contributed by atoms with Crippen LogP contribution in [0.2, 0.25) is 0 Å². The number of urea groups is 1. The SMILES string of the molecule is CC(C)c1cncc(NC(=O)Nc2ccc(Oc3ccnc(-c4cnn(CCO)c4)c3)cc2F)c1. The van der Waals surface area contributed by atoms with Crippen molar-refractivity contribution in [1.82, 2.24) is 19.7 Å². The molecule has 180 valence electrons. The quantitative estimate of drug-likeness (QED) is 0.329. The molecule has 0 unspecified atom stereocenters. The van der Waals surface area contributed by atoms with E-state index < -0.39 is 11.8 Å². The van der Waals surface area contributed by atoms with E-state index in [9.17, 15) is 9.18 Å². The lowest BCUT2D eigenvalue weighted by Crippen LogP contribution is -2.20. The number of aliphatic hydroxyl groups excluding tert-OH is 1. The van der Waals surface area contributed by atoms with E-state index in [2.05, 4.69) is 25.7 Å². The number of halogens is 1. The highest BCUT2D eigenvalue weighted by Gasteiger charge is 2.11. The fourth-order valence-electron chi connectivity index (χ4n) is 3.28. The maximum absolute atomic E-state index is 14.7. The number of aromatic nitrogens is 4. The van der Waals surface area contributed by atoms with Gasteiger partial charge in [0.15, 0.2) is 0 Å². The van der Waals surface area contributed by atoms with Crippen LogP contribution in [0.25, 0.3) is 11.3 Å². The van der Waals surface area contributed by atoms with Crippen molar-refractivity contribution in [3.63, 3.8) is 0 Å². The number of ether oxygens (including phenoxy) is 1. The van der Waals surface area contributed by atoms with Crippen LogP contribution in [0.4, 0.5) is 20.6 Å². The highest BCUT2D eigenvalue weighted by Crippen LogP contribution is 2.28. The van der Waals surface area contributed by atoms with Gasteiger partial charge in [-0.2, -0.15) is 5.10 Å². The van der Waals surface area contributed by atoms with Crippen LogP contribution in [-0.4, -0.2) is 37.5 Å². The van der Waals surface area contributed by atoms with E-state index >= 15 is 0 Å². The summed E-state index contributed by atoms with van der Waals surface area (Å²) >= 11 is 0. The molecular weight excluding hydrogens is 451 g/mol. The molecule has 0 saturated carbocycles. The van der Waals surface area contributed by atoms with Gasteiger partial charge in [-0.05, 0) is 35.7 Å². The van der Waals surface area contributed by atoms with Crippen molar-refractivity contribution in [1.29, 1.82) is 0 Å². The van der Waals surface area contributed by atoms with E-state index in [1.165, 1.54) is 18.3 Å². The molecule has 9 nitrogen and oxygen atoms in total. The van der Waals surface area contributed by atoms with Gasteiger partial charge >= 0.3 is 6.03 Å². The summed E-state index contributed by atoms with van der Waals surface area (Å²) in [5.74, 6) is 0.333. The summed E-state index contributed by atoms with van der Waals surface area (Å²) in [6.07, 6.45) is 8.25. The van der Waals surface area contributed by atoms with Gasteiger partial charge in [-0.25, -0.2) is 9.18 Å². The normalized spacial score (nSPS) is 10.9. The zero-order valence-corrected chi connectivity index (χ0v) is 19.3. The molecule has 0 aliphatic heterocycles. The summed E-state index contributed by atoms with van der Waals surface area (Å²) in [5.41, 5.74) is 2.89. The first-order valence-electron chi connectivity index (χ1n) is 11.0. The van der Waals surface area contributed by atoms with Gasteiger partial charge in [0.25, 0.3) is 0 Å². The lowest BCUT2D eigenvalue weighted by molar-refractivity contribution is 0.262. The third-order valence-electron chi connectivity index (χ3n) is 5.10. The number of carbonyl (C=O) groups excluding carboxylic acids is 1. The molecule has 2 amide bonds. The fraction of sp³-hybridized carbons (Fsp3) is 0.200. The minimum Gasteiger partial charge on any atom is -0.457 e. The van der Waals surface area contributed by atoms with Gasteiger partial charge in [-0.3, -0.25) is 14.6 Å². The van der Waals surface area contributed by atoms with Crippen molar-refractivity contribution >= 4 is 17.4 Å². The molecule has 4 rings (SSSR count). The van der Waals surface area contributed by atoms with Crippen LogP contribution in [0.15, 0.2) is 67.4 Å². The van der Waals surface area contributed by atoms with Gasteiger partial charge in [-0.15, -0.1) is 0 Å². The Hall–Kier alpha value is -4.31. The molecule has 0 spiro atoms. The molecule has 10 heteroatoms. The molecule has 3 aromatic heterocycles. The largest absolute Gasteiger partial charge is 0.457 e. The summed E-state index contributed by atoms with van der Waals surface area (Å²) in [7, 11) is 0. The van der Waals surface area contributed by atoms with E-state index in [4.69, 9.17) is 9.84 Å². The van der Waals surface area contributed by atoms with Gasteiger partial charge in [0.05, 0.1) is 42.6 Å². The maximum Gasteiger partial charge on any atom is 0.323 e. The van der Waals surface area contributed by atoms with Gasteiger partial charge < -0.3 is 20.5 Å². The lowest BCUT2D eigenvalue weighted by Gasteiger charge is -2.12. The van der Waals surface area contributed by atoms with E-state index in [0.29, 0.717) is 23.7 Å². The summed E-state index contributed by atoms with van der Waals surface area (Å²) < 4.78 is 22.1. The molecule has 0 radical (unpaired) electrons. The number of benzene rings is 1. The maximum atomic E-state index is 14.7. The molecule has 35 heavy (non-hydrogen) atoms. The topological polar surface area (TPSA) is 114 Å². The third kappa shape index (κ3) is 6.18. The van der Waals surface area contributed by atoms with Gasteiger partial charge in [0, 0.05) is 36.3 Å². The molecule has 3 heterocycles. The third-order valence-corrected chi connectivity index (χ3v) is 5.10. The smallest absolute Gasteiger partial charge is 0.323 e. The van der Waals surface area contributed by atoms with Gasteiger partial charge in [0.1, 0.15) is 17.3 Å². The van der Waals surface area contributed by atoms with Crippen molar-refractivity contribution in [2.45, 2.75) is 26.3 Å². The second-order valence-corrected chi connectivity index (χ2v) is 8.08. The highest BCUT2D eigenvalue weighted by atomic mass is 19.1. The number of carbonyl (C=O) groups is 1. The van der Waals surface area contributed by atoms with Crippen molar-refractivity contribution in [3.8, 4) is 22.8 Å². The lowest BCUT2D eigenvalue weighted by atomic mass is 10.1. The van der Waals surface area contributed by atoms with Crippen LogP contribution in [0.3, 0.4) is 0 Å². The number of amides is 2. The minimum atomic E-state index is -0.647. The summed E-state index contributed by atoms with van der Waals surface area (Å²) in [5, 5.41) is 18.4. The summed E-state index contributed by atoms with van der Waals surface area (Å²) in [6.45, 7) is 4.42. The molecule has 1 aromatic carbocycles. The number of anilines is 2. The molecule has 3 N–H and O–H groups in total. The molecule has 0 aliphatic rings. The number of pyridine rings is 2. The second-order valence-electron chi connectivity index (χ2n) is 8.08. The first-order chi connectivity index (χ1) is 16.9. The molecule has 0 bridgehead atoms. The Kier molecular flexibility index (Phi) is 7.32. The number of rotatable bonds is 8. The van der Waals surface area contributed by atoms with Gasteiger partial charge in [0.2, 0.25) is 0 Å². The van der Waals surface area contributed by atoms with Crippen molar-refractivity contribution in [3.05, 3.63) is 78.8 Å². The zero-order valence-electron chi connectivity index (χ0n) is 19.3. The average Bonchev–Trinajstić information content (AvgIpc) is 3.30. The number of hydrogen-bond donors (Lipinski definition) is 3. The number of hydrogen-bond acceptors (Lipinski definition) is 6. The Morgan fingerprint density at radius 2 is 1.94 bits per heavy atom. The fourth-order valence-corrected chi connectivity index (χ4v) is 3.28. The Morgan fingerprint density at radius 3 is 2.71 bits per heavy atom. The van der Waals surface area contributed by atoms with Crippen LogP contribution in [0.5, 0.6) is 11.5 Å². The van der Waals surface area contributed by atoms with E-state index in [1.807, 2.05) is 19.9 Å². The molecule has 4 aromatic rings. The first kappa shape index (κ1) is 23.8. The van der Waals surface area contributed by atoms with Crippen LogP contribution >= 0.6 is 0 Å². The second kappa shape index (κ2) is 10.7. The highest BCUT2D eigenvalue weighted by molar-refractivity contribution is 5.99. The molecule has 0 aliphatic carbocycles. The number of nitrogens with one attached hydrogen (secondary N) is 2. The number of aliphatic hydroxyl groups is 1. The standard InChI is InChI=1S/C25H25FN6O3/c1-16(2)17-9-19(14-27-12-17)30-25(34)31-23-4-3-20(10-22(23)26)35-21-5-6-28-24(11-21)18-13-29-32(15-18)7-8-33/h3-6,9-16,33H,7-8H2,1-2H3,(H2,30,31,34). The Labute approximate surface area is 201 Å². The van der Waals surface area contributed by atoms with E-state index in [-0.39, 0.29) is 24.0 Å². The Morgan fingerprint density at radius 1 is 1.11 bits per heavy atom.